The van der Waals surface area contributed by atoms with Crippen molar-refractivity contribution in [2.45, 2.75) is 27.7 Å². The summed E-state index contributed by atoms with van der Waals surface area (Å²) < 4.78 is 5.07. The van der Waals surface area contributed by atoms with Gasteiger partial charge in [0.2, 0.25) is 0 Å². The number of rotatable bonds is 5. The Labute approximate surface area is 85.7 Å². The second-order valence-corrected chi connectivity index (χ2v) is 2.90. The van der Waals surface area contributed by atoms with Gasteiger partial charge in [-0.15, -0.1) is 0 Å². The van der Waals surface area contributed by atoms with Crippen molar-refractivity contribution in [3.63, 3.8) is 0 Å². The molecule has 14 heavy (non-hydrogen) atoms. The summed E-state index contributed by atoms with van der Waals surface area (Å²) in [6, 6.07) is 0. The lowest BCUT2D eigenvalue weighted by Gasteiger charge is -2.19. The van der Waals surface area contributed by atoms with Crippen LogP contribution in [0.25, 0.3) is 0 Å². The molecule has 2 N–H and O–H groups in total. The van der Waals surface area contributed by atoms with Crippen molar-refractivity contribution in [1.82, 2.24) is 4.90 Å². The summed E-state index contributed by atoms with van der Waals surface area (Å²) in [4.78, 5) is 13.4. The molecule has 0 aliphatic heterocycles. The molecule has 0 aliphatic carbocycles. The standard InChI is InChI=1S/C10H20N2O2/c1-5-12(6-2)10(13)8(4)9(11)14-7-3/h5-7,11H2,1-4H3. The third kappa shape index (κ3) is 3.28. The van der Waals surface area contributed by atoms with Crippen LogP contribution in [0.1, 0.15) is 27.7 Å². The number of ether oxygens (including phenoxy) is 1. The van der Waals surface area contributed by atoms with Crippen LogP contribution in [0.4, 0.5) is 0 Å². The van der Waals surface area contributed by atoms with Crippen LogP contribution < -0.4 is 5.73 Å². The van der Waals surface area contributed by atoms with Crippen LogP contribution in [-0.2, 0) is 9.53 Å². The zero-order chi connectivity index (χ0) is 11.1. The van der Waals surface area contributed by atoms with Gasteiger partial charge in [0.1, 0.15) is 0 Å². The highest BCUT2D eigenvalue weighted by Crippen LogP contribution is 2.05. The van der Waals surface area contributed by atoms with E-state index in [1.807, 2.05) is 20.8 Å². The normalized spacial score (nSPS) is 12.0. The summed E-state index contributed by atoms with van der Waals surface area (Å²) in [6.45, 7) is 9.25. The Balaban J connectivity index is 4.58. The lowest BCUT2D eigenvalue weighted by molar-refractivity contribution is -0.127. The van der Waals surface area contributed by atoms with Crippen LogP contribution in [0.2, 0.25) is 0 Å². The van der Waals surface area contributed by atoms with Gasteiger partial charge in [0.15, 0.2) is 5.88 Å². The predicted molar refractivity (Wildman–Crippen MR) is 56.4 cm³/mol. The maximum absolute atomic E-state index is 11.7. The number of nitrogens with zero attached hydrogens (tertiary/aromatic N) is 1. The maximum atomic E-state index is 11.7. The van der Waals surface area contributed by atoms with Gasteiger partial charge in [0.05, 0.1) is 12.2 Å². The molecular formula is C10H20N2O2. The molecule has 1 amide bonds. The summed E-state index contributed by atoms with van der Waals surface area (Å²) in [6.07, 6.45) is 0. The molecule has 0 spiro atoms. The van der Waals surface area contributed by atoms with Crippen molar-refractivity contribution < 1.29 is 9.53 Å². The highest BCUT2D eigenvalue weighted by molar-refractivity contribution is 5.93. The summed E-state index contributed by atoms with van der Waals surface area (Å²) >= 11 is 0. The summed E-state index contributed by atoms with van der Waals surface area (Å²) in [5, 5.41) is 0. The molecule has 0 bridgehead atoms. The quantitative estimate of drug-likeness (QED) is 0.533. The molecule has 0 atom stereocenters. The predicted octanol–water partition coefficient (Wildman–Crippen LogP) is 1.08. The Morgan fingerprint density at radius 1 is 1.29 bits per heavy atom. The Bertz CT molecular complexity index is 220. The van der Waals surface area contributed by atoms with Crippen LogP contribution in [0.15, 0.2) is 11.5 Å². The van der Waals surface area contributed by atoms with E-state index in [1.165, 1.54) is 0 Å². The van der Waals surface area contributed by atoms with E-state index in [1.54, 1.807) is 11.8 Å². The van der Waals surface area contributed by atoms with Crippen LogP contribution >= 0.6 is 0 Å². The molecule has 0 heterocycles. The number of amides is 1. The minimum Gasteiger partial charge on any atom is -0.479 e. The van der Waals surface area contributed by atoms with E-state index in [9.17, 15) is 4.79 Å². The molecule has 0 aliphatic rings. The molecule has 0 radical (unpaired) electrons. The first-order chi connectivity index (χ1) is 6.58. The van der Waals surface area contributed by atoms with Gasteiger partial charge in [0, 0.05) is 13.1 Å². The van der Waals surface area contributed by atoms with Crippen molar-refractivity contribution in [2.24, 2.45) is 5.73 Å². The lowest BCUT2D eigenvalue weighted by atomic mass is 10.2. The minimum atomic E-state index is -0.0547. The highest BCUT2D eigenvalue weighted by atomic mass is 16.5. The van der Waals surface area contributed by atoms with Crippen LogP contribution in [-0.4, -0.2) is 30.5 Å². The smallest absolute Gasteiger partial charge is 0.254 e. The van der Waals surface area contributed by atoms with Gasteiger partial charge < -0.3 is 15.4 Å². The fourth-order valence-corrected chi connectivity index (χ4v) is 1.12. The molecule has 4 heteroatoms. The van der Waals surface area contributed by atoms with Gasteiger partial charge >= 0.3 is 0 Å². The average Bonchev–Trinajstić information content (AvgIpc) is 2.18. The second kappa shape index (κ2) is 6.29. The minimum absolute atomic E-state index is 0.0547. The third-order valence-corrected chi connectivity index (χ3v) is 2.04. The summed E-state index contributed by atoms with van der Waals surface area (Å²) in [5.74, 6) is 0.172. The molecule has 0 aromatic rings. The van der Waals surface area contributed by atoms with Gasteiger partial charge in [-0.3, -0.25) is 4.79 Å². The molecule has 0 aromatic heterocycles. The van der Waals surface area contributed by atoms with Crippen molar-refractivity contribution in [2.75, 3.05) is 19.7 Å². The Hall–Kier alpha value is -1.19. The average molecular weight is 200 g/mol. The van der Waals surface area contributed by atoms with Crippen molar-refractivity contribution in [3.05, 3.63) is 11.5 Å². The first-order valence-electron chi connectivity index (χ1n) is 4.96. The molecule has 0 rings (SSSR count). The van der Waals surface area contributed by atoms with Gasteiger partial charge in [-0.2, -0.15) is 0 Å². The number of likely N-dealkylation sites (N-methyl/N-ethyl adjacent to an activating group) is 1. The molecule has 4 nitrogen and oxygen atoms in total. The molecule has 0 fully saturated rings. The zero-order valence-electron chi connectivity index (χ0n) is 9.46. The van der Waals surface area contributed by atoms with Gasteiger partial charge in [-0.25, -0.2) is 0 Å². The van der Waals surface area contributed by atoms with Crippen molar-refractivity contribution >= 4 is 5.91 Å². The first-order valence-corrected chi connectivity index (χ1v) is 4.96. The molecular weight excluding hydrogens is 180 g/mol. The number of nitrogens with two attached hydrogens (primary N) is 1. The Kier molecular flexibility index (Phi) is 5.76. The van der Waals surface area contributed by atoms with Crippen molar-refractivity contribution in [3.8, 4) is 0 Å². The fourth-order valence-electron chi connectivity index (χ4n) is 1.12. The summed E-state index contributed by atoms with van der Waals surface area (Å²) in [5.41, 5.74) is 6.07. The van der Waals surface area contributed by atoms with E-state index in [0.717, 1.165) is 0 Å². The van der Waals surface area contributed by atoms with Gasteiger partial charge in [0.25, 0.3) is 5.91 Å². The van der Waals surface area contributed by atoms with Crippen LogP contribution in [0.5, 0.6) is 0 Å². The second-order valence-electron chi connectivity index (χ2n) is 2.90. The van der Waals surface area contributed by atoms with E-state index in [2.05, 4.69) is 0 Å². The Morgan fingerprint density at radius 2 is 1.79 bits per heavy atom. The lowest BCUT2D eigenvalue weighted by Crippen LogP contribution is -2.32. The highest BCUT2D eigenvalue weighted by Gasteiger charge is 2.14. The Morgan fingerprint density at radius 3 is 2.14 bits per heavy atom. The molecule has 0 unspecified atom stereocenters. The van der Waals surface area contributed by atoms with Gasteiger partial charge in [-0.1, -0.05) is 0 Å². The molecule has 0 saturated carbocycles. The topological polar surface area (TPSA) is 55.6 Å². The van der Waals surface area contributed by atoms with E-state index in [4.69, 9.17) is 10.5 Å². The van der Waals surface area contributed by atoms with Gasteiger partial charge in [-0.05, 0) is 27.7 Å². The third-order valence-electron chi connectivity index (χ3n) is 2.04. The van der Waals surface area contributed by atoms with E-state index < -0.39 is 0 Å². The fraction of sp³-hybridized carbons (Fsp3) is 0.700. The molecule has 0 saturated heterocycles. The SMILES string of the molecule is CCOC(N)=C(C)C(=O)N(CC)CC. The largest absolute Gasteiger partial charge is 0.479 e. The van der Waals surface area contributed by atoms with E-state index in [0.29, 0.717) is 25.3 Å². The van der Waals surface area contributed by atoms with E-state index in [-0.39, 0.29) is 11.8 Å². The monoisotopic (exact) mass is 200 g/mol. The zero-order valence-corrected chi connectivity index (χ0v) is 9.46. The number of hydrogen-bond acceptors (Lipinski definition) is 3. The van der Waals surface area contributed by atoms with Crippen molar-refractivity contribution in [1.29, 1.82) is 0 Å². The van der Waals surface area contributed by atoms with Crippen LogP contribution in [0.3, 0.4) is 0 Å². The number of carbonyl (C=O) groups excluding carboxylic acids is 1. The van der Waals surface area contributed by atoms with E-state index >= 15 is 0 Å². The summed E-state index contributed by atoms with van der Waals surface area (Å²) in [7, 11) is 0. The molecule has 0 aromatic carbocycles. The first kappa shape index (κ1) is 12.8. The number of hydrogen-bond donors (Lipinski definition) is 1. The maximum Gasteiger partial charge on any atom is 0.254 e. The number of carbonyl (C=O) groups is 1. The molecule has 82 valence electrons. The van der Waals surface area contributed by atoms with Crippen LogP contribution in [0, 0.1) is 0 Å².